The third-order valence-electron chi connectivity index (χ3n) is 3.23. The van der Waals surface area contributed by atoms with Gasteiger partial charge in [-0.05, 0) is 35.2 Å². The number of methoxy groups -OCH3 is 1. The number of ether oxygens (including phenoxy) is 1. The average Bonchev–Trinajstić information content (AvgIpc) is 2.43. The van der Waals surface area contributed by atoms with Gasteiger partial charge in [0.15, 0.2) is 11.5 Å². The molecule has 0 radical (unpaired) electrons. The zero-order valence-electron chi connectivity index (χ0n) is 10.1. The molecule has 0 aromatic heterocycles. The molecule has 2 aromatic rings. The van der Waals surface area contributed by atoms with Crippen molar-refractivity contribution in [2.24, 2.45) is 0 Å². The lowest BCUT2D eigenvalue weighted by Gasteiger charge is -2.12. The molecule has 1 aliphatic carbocycles. The molecular weight excluding hydrogens is 244 g/mol. The molecule has 2 aromatic carbocycles. The summed E-state index contributed by atoms with van der Waals surface area (Å²) in [4.78, 5) is 23.1. The van der Waals surface area contributed by atoms with Crippen molar-refractivity contribution >= 4 is 28.4 Å². The highest BCUT2D eigenvalue weighted by Crippen LogP contribution is 2.36. The number of hydrogen-bond donors (Lipinski definition) is 1. The second-order valence-corrected chi connectivity index (χ2v) is 4.30. The van der Waals surface area contributed by atoms with Crippen LogP contribution in [-0.4, -0.2) is 23.8 Å². The summed E-state index contributed by atoms with van der Waals surface area (Å²) in [6.45, 7) is 0. The zero-order chi connectivity index (χ0) is 13.6. The van der Waals surface area contributed by atoms with Crippen molar-refractivity contribution in [1.29, 1.82) is 0 Å². The van der Waals surface area contributed by atoms with Gasteiger partial charge in [-0.15, -0.1) is 0 Å². The van der Waals surface area contributed by atoms with Crippen LogP contribution in [0.3, 0.4) is 0 Å². The Kier molecular flexibility index (Phi) is 2.38. The third-order valence-corrected chi connectivity index (χ3v) is 3.23. The van der Waals surface area contributed by atoms with Crippen LogP contribution in [0.15, 0.2) is 30.3 Å². The van der Waals surface area contributed by atoms with Crippen LogP contribution in [0.1, 0.15) is 15.9 Å². The van der Waals surface area contributed by atoms with Gasteiger partial charge in [-0.1, -0.05) is 12.1 Å². The van der Waals surface area contributed by atoms with Crippen molar-refractivity contribution in [3.8, 4) is 11.5 Å². The smallest absolute Gasteiger partial charge is 0.233 e. The van der Waals surface area contributed by atoms with E-state index in [1.54, 1.807) is 30.3 Å². The largest absolute Gasteiger partial charge is 0.504 e. The van der Waals surface area contributed by atoms with Crippen molar-refractivity contribution in [2.75, 3.05) is 7.11 Å². The van der Waals surface area contributed by atoms with Gasteiger partial charge in [0.05, 0.1) is 7.11 Å². The minimum atomic E-state index is -0.524. The Hall–Kier alpha value is -2.62. The number of benzene rings is 2. The van der Waals surface area contributed by atoms with Crippen molar-refractivity contribution in [1.82, 2.24) is 0 Å². The predicted molar refractivity (Wildman–Crippen MR) is 70.5 cm³/mol. The van der Waals surface area contributed by atoms with Crippen molar-refractivity contribution in [3.05, 3.63) is 41.5 Å². The molecule has 1 aliphatic rings. The summed E-state index contributed by atoms with van der Waals surface area (Å²) in [5.41, 5.74) is 0.991. The molecule has 4 nitrogen and oxygen atoms in total. The molecule has 0 heterocycles. The number of fused-ring (bicyclic) bond motifs is 2. The number of aromatic hydroxyl groups is 1. The summed E-state index contributed by atoms with van der Waals surface area (Å²) in [5, 5.41) is 11.3. The van der Waals surface area contributed by atoms with Crippen molar-refractivity contribution < 1.29 is 19.4 Å². The molecule has 0 aliphatic heterocycles. The molecule has 3 rings (SSSR count). The number of carbonyl (C=O) groups is 2. The highest BCUT2D eigenvalue weighted by atomic mass is 16.5. The molecule has 0 spiro atoms. The predicted octanol–water partition coefficient (Wildman–Crippen LogP) is 2.33. The molecule has 0 fully saturated rings. The summed E-state index contributed by atoms with van der Waals surface area (Å²) in [6.07, 6.45) is 2.82. The zero-order valence-corrected chi connectivity index (χ0v) is 10.1. The second kappa shape index (κ2) is 3.95. The first-order valence-electron chi connectivity index (χ1n) is 5.72. The first-order chi connectivity index (χ1) is 9.11. The number of carbonyl (C=O) groups excluding carboxylic acids is 2. The fraction of sp³-hybridized carbons (Fsp3) is 0.0667. The fourth-order valence-electron chi connectivity index (χ4n) is 2.23. The Morgan fingerprint density at radius 3 is 2.63 bits per heavy atom. The lowest BCUT2D eigenvalue weighted by Crippen LogP contribution is -2.16. The second-order valence-electron chi connectivity index (χ2n) is 4.30. The van der Waals surface area contributed by atoms with Gasteiger partial charge >= 0.3 is 0 Å². The lowest BCUT2D eigenvalue weighted by molar-refractivity contribution is -0.110. The van der Waals surface area contributed by atoms with Crippen LogP contribution in [-0.2, 0) is 4.79 Å². The Bertz CT molecular complexity index is 756. The number of Topliss-reactive ketones (excluding diaryl/α,β-unsaturated/α-hetero) is 1. The molecule has 0 bridgehead atoms. The number of phenols is 1. The molecule has 94 valence electrons. The maximum absolute atomic E-state index is 11.8. The first-order valence-corrected chi connectivity index (χ1v) is 5.72. The molecule has 0 saturated heterocycles. The SMILES string of the molecule is COc1ccc2cc3c(cc2c1O)C=CC(=O)C3=O. The highest BCUT2D eigenvalue weighted by molar-refractivity contribution is 6.50. The molecule has 0 unspecified atom stereocenters. The Morgan fingerprint density at radius 2 is 1.89 bits per heavy atom. The minimum Gasteiger partial charge on any atom is -0.504 e. The van der Waals surface area contributed by atoms with Gasteiger partial charge in [0.1, 0.15) is 0 Å². The van der Waals surface area contributed by atoms with E-state index < -0.39 is 11.6 Å². The molecule has 0 atom stereocenters. The summed E-state index contributed by atoms with van der Waals surface area (Å²) in [5.74, 6) is -0.644. The fourth-order valence-corrected chi connectivity index (χ4v) is 2.23. The van der Waals surface area contributed by atoms with Crippen LogP contribution >= 0.6 is 0 Å². The van der Waals surface area contributed by atoms with E-state index in [9.17, 15) is 14.7 Å². The number of hydrogen-bond acceptors (Lipinski definition) is 4. The van der Waals surface area contributed by atoms with Crippen LogP contribution in [0, 0.1) is 0 Å². The van der Waals surface area contributed by atoms with Gasteiger partial charge in [-0.3, -0.25) is 9.59 Å². The molecule has 19 heavy (non-hydrogen) atoms. The van der Waals surface area contributed by atoms with Gasteiger partial charge in [-0.2, -0.15) is 0 Å². The molecule has 0 saturated carbocycles. The highest BCUT2D eigenvalue weighted by Gasteiger charge is 2.22. The maximum atomic E-state index is 11.8. The van der Waals surface area contributed by atoms with E-state index in [1.165, 1.54) is 13.2 Å². The Labute approximate surface area is 108 Å². The van der Waals surface area contributed by atoms with Gasteiger partial charge in [0.2, 0.25) is 11.6 Å². The quantitative estimate of drug-likeness (QED) is 0.793. The summed E-state index contributed by atoms with van der Waals surface area (Å²) < 4.78 is 5.05. The molecule has 0 amide bonds. The van der Waals surface area contributed by atoms with Crippen LogP contribution in [0.25, 0.3) is 16.8 Å². The number of phenolic OH excluding ortho intramolecular Hbond substituents is 1. The van der Waals surface area contributed by atoms with Gasteiger partial charge < -0.3 is 9.84 Å². The van der Waals surface area contributed by atoms with E-state index >= 15 is 0 Å². The van der Waals surface area contributed by atoms with Crippen LogP contribution in [0.5, 0.6) is 11.5 Å². The minimum absolute atomic E-state index is 0.0283. The van der Waals surface area contributed by atoms with Crippen molar-refractivity contribution in [3.63, 3.8) is 0 Å². The lowest BCUT2D eigenvalue weighted by atomic mass is 9.92. The standard InChI is InChI=1S/C15H10O4/c1-19-13-5-3-9-6-10-8(7-11(9)15(13)18)2-4-12(16)14(10)17/h2-7,18H,1H3. The van der Waals surface area contributed by atoms with Crippen LogP contribution in [0.4, 0.5) is 0 Å². The number of allylic oxidation sites excluding steroid dienone is 1. The number of rotatable bonds is 1. The van der Waals surface area contributed by atoms with Gasteiger partial charge in [-0.25, -0.2) is 0 Å². The topological polar surface area (TPSA) is 63.6 Å². The summed E-state index contributed by atoms with van der Waals surface area (Å²) >= 11 is 0. The normalized spacial score (nSPS) is 13.7. The summed E-state index contributed by atoms with van der Waals surface area (Å²) in [6, 6.07) is 6.66. The van der Waals surface area contributed by atoms with E-state index in [0.29, 0.717) is 27.6 Å². The van der Waals surface area contributed by atoms with Gasteiger partial charge in [0.25, 0.3) is 0 Å². The van der Waals surface area contributed by atoms with E-state index in [4.69, 9.17) is 4.74 Å². The van der Waals surface area contributed by atoms with Crippen LogP contribution < -0.4 is 4.74 Å². The van der Waals surface area contributed by atoms with E-state index in [0.717, 1.165) is 0 Å². The molecular formula is C15H10O4. The Morgan fingerprint density at radius 1 is 1.11 bits per heavy atom. The van der Waals surface area contributed by atoms with E-state index in [-0.39, 0.29) is 5.75 Å². The van der Waals surface area contributed by atoms with Gasteiger partial charge in [0, 0.05) is 10.9 Å². The summed E-state index contributed by atoms with van der Waals surface area (Å²) in [7, 11) is 1.47. The third kappa shape index (κ3) is 1.61. The Balaban J connectivity index is 2.34. The molecule has 1 N–H and O–H groups in total. The monoisotopic (exact) mass is 254 g/mol. The van der Waals surface area contributed by atoms with E-state index in [1.807, 2.05) is 0 Å². The number of ketones is 2. The first kappa shape index (κ1) is 11.5. The average molecular weight is 254 g/mol. The van der Waals surface area contributed by atoms with Crippen molar-refractivity contribution in [2.45, 2.75) is 0 Å². The molecule has 4 heteroatoms. The van der Waals surface area contributed by atoms with Crippen LogP contribution in [0.2, 0.25) is 0 Å². The van der Waals surface area contributed by atoms with E-state index in [2.05, 4.69) is 0 Å². The maximum Gasteiger partial charge on any atom is 0.233 e.